The number of hydrogen-bond donors (Lipinski definition) is 1. The third-order valence-electron chi connectivity index (χ3n) is 3.53. The molecule has 0 aromatic heterocycles. The average Bonchev–Trinajstić information content (AvgIpc) is 2.65. The van der Waals surface area contributed by atoms with E-state index in [2.05, 4.69) is 0 Å². The van der Waals surface area contributed by atoms with E-state index in [1.54, 1.807) is 32.4 Å². The van der Waals surface area contributed by atoms with E-state index in [4.69, 9.17) is 24.1 Å². The minimum Gasteiger partial charge on any atom is -0.493 e. The fourth-order valence-corrected chi connectivity index (χ4v) is 2.31. The molecule has 138 valence electrons. The summed E-state index contributed by atoms with van der Waals surface area (Å²) in [5, 5.41) is 8.73. The lowest BCUT2D eigenvalue weighted by Crippen LogP contribution is -2.01. The maximum absolute atomic E-state index is 10.6. The van der Waals surface area contributed by atoms with E-state index in [0.717, 1.165) is 11.6 Å². The van der Waals surface area contributed by atoms with Crippen LogP contribution in [0.5, 0.6) is 23.0 Å². The molecule has 0 atom stereocenters. The summed E-state index contributed by atoms with van der Waals surface area (Å²) in [5.74, 6) is 1.42. The van der Waals surface area contributed by atoms with Crippen LogP contribution in [0.25, 0.3) is 6.08 Å². The van der Waals surface area contributed by atoms with Crippen molar-refractivity contribution in [1.82, 2.24) is 0 Å². The predicted octanol–water partition coefficient (Wildman–Crippen LogP) is 3.78. The van der Waals surface area contributed by atoms with E-state index in [-0.39, 0.29) is 0 Å². The molecule has 0 unspecified atom stereocenters. The maximum Gasteiger partial charge on any atom is 0.328 e. The van der Waals surface area contributed by atoms with E-state index in [1.165, 1.54) is 6.08 Å². The third-order valence-corrected chi connectivity index (χ3v) is 3.53. The van der Waals surface area contributed by atoms with Crippen LogP contribution in [0.3, 0.4) is 0 Å². The highest BCUT2D eigenvalue weighted by Gasteiger charge is 2.09. The Morgan fingerprint density at radius 3 is 2.35 bits per heavy atom. The molecular formula is C20H22O6. The first-order valence-electron chi connectivity index (χ1n) is 8.09. The van der Waals surface area contributed by atoms with Crippen molar-refractivity contribution >= 4 is 12.0 Å². The van der Waals surface area contributed by atoms with Gasteiger partial charge in [-0.25, -0.2) is 4.79 Å². The summed E-state index contributed by atoms with van der Waals surface area (Å²) in [6.07, 6.45) is 2.58. The Balaban J connectivity index is 2.16. The van der Waals surface area contributed by atoms with Crippen LogP contribution in [-0.4, -0.2) is 31.9 Å². The van der Waals surface area contributed by atoms with Gasteiger partial charge in [0.25, 0.3) is 0 Å². The molecule has 6 nitrogen and oxygen atoms in total. The van der Waals surface area contributed by atoms with Gasteiger partial charge in [0.1, 0.15) is 6.61 Å². The van der Waals surface area contributed by atoms with Crippen molar-refractivity contribution < 1.29 is 28.8 Å². The number of carbonyl (C=O) groups is 1. The molecule has 0 aliphatic heterocycles. The summed E-state index contributed by atoms with van der Waals surface area (Å²) in [7, 11) is 3.17. The monoisotopic (exact) mass is 358 g/mol. The SMILES string of the molecule is CCOc1cc(C=CC(=O)O)ccc1OCc1ccc(OC)c(OC)c1. The van der Waals surface area contributed by atoms with Gasteiger partial charge in [0.15, 0.2) is 23.0 Å². The number of rotatable bonds is 9. The van der Waals surface area contributed by atoms with Crippen LogP contribution < -0.4 is 18.9 Å². The second-order valence-corrected chi connectivity index (χ2v) is 5.29. The van der Waals surface area contributed by atoms with Crippen molar-refractivity contribution in [2.45, 2.75) is 13.5 Å². The van der Waals surface area contributed by atoms with E-state index in [1.807, 2.05) is 25.1 Å². The molecule has 2 rings (SSSR count). The van der Waals surface area contributed by atoms with Gasteiger partial charge in [0.2, 0.25) is 0 Å². The second-order valence-electron chi connectivity index (χ2n) is 5.29. The number of ether oxygens (including phenoxy) is 4. The van der Waals surface area contributed by atoms with Crippen molar-refractivity contribution in [3.63, 3.8) is 0 Å². The maximum atomic E-state index is 10.6. The highest BCUT2D eigenvalue weighted by Crippen LogP contribution is 2.31. The summed E-state index contributed by atoms with van der Waals surface area (Å²) in [6, 6.07) is 10.8. The van der Waals surface area contributed by atoms with E-state index < -0.39 is 5.97 Å². The summed E-state index contributed by atoms with van der Waals surface area (Å²) >= 11 is 0. The molecular weight excluding hydrogens is 336 g/mol. The molecule has 2 aromatic rings. The zero-order chi connectivity index (χ0) is 18.9. The van der Waals surface area contributed by atoms with Gasteiger partial charge >= 0.3 is 5.97 Å². The summed E-state index contributed by atoms with van der Waals surface area (Å²) < 4.78 is 22.0. The van der Waals surface area contributed by atoms with Crippen LogP contribution in [-0.2, 0) is 11.4 Å². The minimum atomic E-state index is -1.00. The number of aliphatic carboxylic acids is 1. The molecule has 0 saturated heterocycles. The smallest absolute Gasteiger partial charge is 0.328 e. The van der Waals surface area contributed by atoms with Crippen molar-refractivity contribution in [2.24, 2.45) is 0 Å². The number of carboxylic acid groups (broad SMARTS) is 1. The average molecular weight is 358 g/mol. The Morgan fingerprint density at radius 2 is 1.69 bits per heavy atom. The number of benzene rings is 2. The van der Waals surface area contributed by atoms with Crippen LogP contribution in [0, 0.1) is 0 Å². The van der Waals surface area contributed by atoms with Gasteiger partial charge in [-0.15, -0.1) is 0 Å². The zero-order valence-corrected chi connectivity index (χ0v) is 15.0. The lowest BCUT2D eigenvalue weighted by molar-refractivity contribution is -0.131. The lowest BCUT2D eigenvalue weighted by Gasteiger charge is -2.14. The first-order chi connectivity index (χ1) is 12.6. The molecule has 6 heteroatoms. The van der Waals surface area contributed by atoms with Crippen LogP contribution in [0.15, 0.2) is 42.5 Å². The highest BCUT2D eigenvalue weighted by molar-refractivity contribution is 5.85. The summed E-state index contributed by atoms with van der Waals surface area (Å²) in [6.45, 7) is 2.67. The quantitative estimate of drug-likeness (QED) is 0.688. The molecule has 0 saturated carbocycles. The van der Waals surface area contributed by atoms with E-state index in [0.29, 0.717) is 41.8 Å². The van der Waals surface area contributed by atoms with Crippen molar-refractivity contribution in [3.05, 3.63) is 53.6 Å². The van der Waals surface area contributed by atoms with Crippen molar-refractivity contribution in [2.75, 3.05) is 20.8 Å². The van der Waals surface area contributed by atoms with Crippen LogP contribution in [0.4, 0.5) is 0 Å². The van der Waals surface area contributed by atoms with Gasteiger partial charge in [-0.2, -0.15) is 0 Å². The topological polar surface area (TPSA) is 74.2 Å². The summed E-state index contributed by atoms with van der Waals surface area (Å²) in [4.78, 5) is 10.6. The molecule has 2 aromatic carbocycles. The fraction of sp³-hybridized carbons (Fsp3) is 0.250. The summed E-state index contributed by atoms with van der Waals surface area (Å²) in [5.41, 5.74) is 1.63. The van der Waals surface area contributed by atoms with Gasteiger partial charge in [0.05, 0.1) is 20.8 Å². The van der Waals surface area contributed by atoms with Crippen LogP contribution in [0.2, 0.25) is 0 Å². The molecule has 0 amide bonds. The van der Waals surface area contributed by atoms with Gasteiger partial charge in [-0.3, -0.25) is 0 Å². The van der Waals surface area contributed by atoms with Gasteiger partial charge in [-0.1, -0.05) is 12.1 Å². The molecule has 0 heterocycles. The zero-order valence-electron chi connectivity index (χ0n) is 15.0. The molecule has 1 N–H and O–H groups in total. The first kappa shape index (κ1) is 19.2. The minimum absolute atomic E-state index is 0.324. The molecule has 0 aliphatic carbocycles. The van der Waals surface area contributed by atoms with Gasteiger partial charge in [-0.05, 0) is 48.4 Å². The number of methoxy groups -OCH3 is 2. The number of carboxylic acids is 1. The van der Waals surface area contributed by atoms with Crippen molar-refractivity contribution in [3.8, 4) is 23.0 Å². The third kappa shape index (κ3) is 5.17. The Hall–Kier alpha value is -3.15. The van der Waals surface area contributed by atoms with Crippen LogP contribution in [0.1, 0.15) is 18.1 Å². The second kappa shape index (κ2) is 9.36. The molecule has 0 radical (unpaired) electrons. The van der Waals surface area contributed by atoms with E-state index >= 15 is 0 Å². The Morgan fingerprint density at radius 1 is 0.962 bits per heavy atom. The highest BCUT2D eigenvalue weighted by atomic mass is 16.5. The normalized spacial score (nSPS) is 10.6. The van der Waals surface area contributed by atoms with Gasteiger partial charge < -0.3 is 24.1 Å². The largest absolute Gasteiger partial charge is 0.493 e. The molecule has 0 aliphatic rings. The molecule has 26 heavy (non-hydrogen) atoms. The Labute approximate surface area is 152 Å². The first-order valence-corrected chi connectivity index (χ1v) is 8.09. The Kier molecular flexibility index (Phi) is 6.91. The van der Waals surface area contributed by atoms with Gasteiger partial charge in [0, 0.05) is 6.08 Å². The Bertz CT molecular complexity index is 782. The number of hydrogen-bond acceptors (Lipinski definition) is 5. The van der Waals surface area contributed by atoms with E-state index in [9.17, 15) is 4.79 Å². The standard InChI is InChI=1S/C20H22O6/c1-4-25-19-11-14(7-10-20(21)22)5-9-17(19)26-13-15-6-8-16(23-2)18(12-15)24-3/h5-12H,4,13H2,1-3H3,(H,21,22). The lowest BCUT2D eigenvalue weighted by atomic mass is 10.2. The fourth-order valence-electron chi connectivity index (χ4n) is 2.31. The van der Waals surface area contributed by atoms with Crippen molar-refractivity contribution in [1.29, 1.82) is 0 Å². The molecule has 0 spiro atoms. The molecule has 0 bridgehead atoms. The van der Waals surface area contributed by atoms with Crippen LogP contribution >= 0.6 is 0 Å². The molecule has 0 fully saturated rings. The predicted molar refractivity (Wildman–Crippen MR) is 98.2 cm³/mol.